The van der Waals surface area contributed by atoms with Gasteiger partial charge in [-0.25, -0.2) is 14.2 Å². The van der Waals surface area contributed by atoms with Gasteiger partial charge in [0, 0.05) is 31.9 Å². The Morgan fingerprint density at radius 3 is 2.88 bits per heavy atom. The average molecular weight is 329 g/mol. The minimum atomic E-state index is -0.335. The van der Waals surface area contributed by atoms with Crippen molar-refractivity contribution < 1.29 is 13.9 Å². The van der Waals surface area contributed by atoms with Crippen LogP contribution in [0.15, 0.2) is 42.6 Å². The Labute approximate surface area is 140 Å². The van der Waals surface area contributed by atoms with Gasteiger partial charge in [0.2, 0.25) is 0 Å². The van der Waals surface area contributed by atoms with Crippen LogP contribution in [0.25, 0.3) is 0 Å². The Bertz CT molecular complexity index is 706. The standard InChI is InChI=1S/C18H20FN3O2/c1-24-18(23)14-6-4-13(5-7-14)11-21-15-8-10-22(12-15)17-16(19)3-2-9-20-17/h2-7,9,15,21H,8,10-12H2,1H3/t15-/m1/s1. The number of rotatable bonds is 5. The fourth-order valence-electron chi connectivity index (χ4n) is 2.87. The number of benzene rings is 1. The normalized spacial score (nSPS) is 17.1. The summed E-state index contributed by atoms with van der Waals surface area (Å²) in [6.07, 6.45) is 2.55. The number of pyridine rings is 1. The van der Waals surface area contributed by atoms with E-state index in [4.69, 9.17) is 0 Å². The van der Waals surface area contributed by atoms with Gasteiger partial charge in [-0.3, -0.25) is 0 Å². The van der Waals surface area contributed by atoms with E-state index in [1.54, 1.807) is 24.4 Å². The van der Waals surface area contributed by atoms with Crippen molar-refractivity contribution in [2.45, 2.75) is 19.0 Å². The van der Waals surface area contributed by atoms with Crippen molar-refractivity contribution in [3.05, 3.63) is 59.5 Å². The second kappa shape index (κ2) is 7.40. The van der Waals surface area contributed by atoms with Gasteiger partial charge < -0.3 is 15.0 Å². The van der Waals surface area contributed by atoms with Gasteiger partial charge in [0.15, 0.2) is 11.6 Å². The molecule has 0 spiro atoms. The van der Waals surface area contributed by atoms with Crippen LogP contribution in [0.3, 0.4) is 0 Å². The number of methoxy groups -OCH3 is 1. The number of nitrogens with one attached hydrogen (secondary N) is 1. The molecule has 0 radical (unpaired) electrons. The first-order valence-electron chi connectivity index (χ1n) is 7.93. The minimum absolute atomic E-state index is 0.281. The third-order valence-corrected chi connectivity index (χ3v) is 4.20. The predicted octanol–water partition coefficient (Wildman–Crippen LogP) is 2.38. The van der Waals surface area contributed by atoms with Crippen molar-refractivity contribution in [3.8, 4) is 0 Å². The fourth-order valence-corrected chi connectivity index (χ4v) is 2.87. The summed E-state index contributed by atoms with van der Waals surface area (Å²) in [5, 5.41) is 3.47. The SMILES string of the molecule is COC(=O)c1ccc(CN[C@@H]2CCN(c3ncccc3F)C2)cc1. The summed E-state index contributed by atoms with van der Waals surface area (Å²) in [6.45, 7) is 2.21. The maximum atomic E-state index is 13.8. The summed E-state index contributed by atoms with van der Waals surface area (Å²) in [6, 6.07) is 10.6. The summed E-state index contributed by atoms with van der Waals surface area (Å²) in [7, 11) is 1.37. The van der Waals surface area contributed by atoms with Crippen LogP contribution in [0.4, 0.5) is 10.2 Å². The molecule has 1 atom stereocenters. The van der Waals surface area contributed by atoms with Crippen LogP contribution in [0.2, 0.25) is 0 Å². The maximum absolute atomic E-state index is 13.8. The van der Waals surface area contributed by atoms with Crippen LogP contribution in [0.5, 0.6) is 0 Å². The number of halogens is 1. The lowest BCUT2D eigenvalue weighted by Gasteiger charge is -2.18. The van der Waals surface area contributed by atoms with Crippen LogP contribution in [0, 0.1) is 5.82 Å². The molecule has 1 N–H and O–H groups in total. The Morgan fingerprint density at radius 1 is 1.38 bits per heavy atom. The van der Waals surface area contributed by atoms with Crippen LogP contribution in [-0.4, -0.2) is 37.2 Å². The first kappa shape index (κ1) is 16.4. The van der Waals surface area contributed by atoms with Gasteiger partial charge in [-0.2, -0.15) is 0 Å². The zero-order chi connectivity index (χ0) is 16.9. The number of hydrogen-bond donors (Lipinski definition) is 1. The van der Waals surface area contributed by atoms with E-state index in [1.165, 1.54) is 13.2 Å². The Hall–Kier alpha value is -2.47. The molecule has 1 saturated heterocycles. The largest absolute Gasteiger partial charge is 0.465 e. The van der Waals surface area contributed by atoms with Crippen molar-refractivity contribution >= 4 is 11.8 Å². The smallest absolute Gasteiger partial charge is 0.337 e. The minimum Gasteiger partial charge on any atom is -0.465 e. The number of nitrogens with zero attached hydrogens (tertiary/aromatic N) is 2. The average Bonchev–Trinajstić information content (AvgIpc) is 3.09. The number of ether oxygens (including phenoxy) is 1. The van der Waals surface area contributed by atoms with Gasteiger partial charge >= 0.3 is 5.97 Å². The summed E-state index contributed by atoms with van der Waals surface area (Å²) in [4.78, 5) is 17.5. The summed E-state index contributed by atoms with van der Waals surface area (Å²) >= 11 is 0. The lowest BCUT2D eigenvalue weighted by molar-refractivity contribution is 0.0600. The van der Waals surface area contributed by atoms with Gasteiger partial charge in [0.1, 0.15) is 0 Å². The quantitative estimate of drug-likeness (QED) is 0.854. The van der Waals surface area contributed by atoms with Gasteiger partial charge in [0.05, 0.1) is 12.7 Å². The highest BCUT2D eigenvalue weighted by atomic mass is 19.1. The molecule has 0 unspecified atom stereocenters. The van der Waals surface area contributed by atoms with Crippen molar-refractivity contribution in [2.24, 2.45) is 0 Å². The molecule has 1 aromatic carbocycles. The Morgan fingerprint density at radius 2 is 2.17 bits per heavy atom. The van der Waals surface area contributed by atoms with E-state index in [-0.39, 0.29) is 17.8 Å². The highest BCUT2D eigenvalue weighted by molar-refractivity contribution is 5.89. The van der Waals surface area contributed by atoms with Crippen molar-refractivity contribution in [3.63, 3.8) is 0 Å². The number of aromatic nitrogens is 1. The first-order valence-corrected chi connectivity index (χ1v) is 7.93. The molecule has 5 nitrogen and oxygen atoms in total. The van der Waals surface area contributed by atoms with Gasteiger partial charge in [-0.05, 0) is 36.2 Å². The van der Waals surface area contributed by atoms with Crippen LogP contribution < -0.4 is 10.2 Å². The topological polar surface area (TPSA) is 54.5 Å². The molecule has 126 valence electrons. The molecule has 0 amide bonds. The Kier molecular flexibility index (Phi) is 5.05. The van der Waals surface area contributed by atoms with E-state index >= 15 is 0 Å². The zero-order valence-electron chi connectivity index (χ0n) is 13.5. The molecule has 2 aromatic rings. The summed E-state index contributed by atoms with van der Waals surface area (Å²) in [5.74, 6) is -0.195. The lowest BCUT2D eigenvalue weighted by Crippen LogP contribution is -2.32. The molecular weight excluding hydrogens is 309 g/mol. The number of carbonyl (C=O) groups is 1. The van der Waals surface area contributed by atoms with E-state index in [2.05, 4.69) is 15.0 Å². The molecule has 6 heteroatoms. The molecule has 0 saturated carbocycles. The first-order chi connectivity index (χ1) is 11.7. The van der Waals surface area contributed by atoms with E-state index in [0.29, 0.717) is 17.9 Å². The predicted molar refractivity (Wildman–Crippen MR) is 89.4 cm³/mol. The van der Waals surface area contributed by atoms with Crippen LogP contribution in [0.1, 0.15) is 22.3 Å². The molecule has 2 heterocycles. The monoisotopic (exact) mass is 329 g/mol. The van der Waals surface area contributed by atoms with Crippen molar-refractivity contribution in [1.82, 2.24) is 10.3 Å². The molecule has 1 fully saturated rings. The number of esters is 1. The lowest BCUT2D eigenvalue weighted by atomic mass is 10.1. The molecule has 24 heavy (non-hydrogen) atoms. The number of hydrogen-bond acceptors (Lipinski definition) is 5. The van der Waals surface area contributed by atoms with E-state index in [9.17, 15) is 9.18 Å². The number of anilines is 1. The van der Waals surface area contributed by atoms with Crippen LogP contribution >= 0.6 is 0 Å². The molecule has 3 rings (SSSR count). The van der Waals surface area contributed by atoms with Gasteiger partial charge in [-0.15, -0.1) is 0 Å². The third kappa shape index (κ3) is 3.71. The second-order valence-corrected chi connectivity index (χ2v) is 5.81. The maximum Gasteiger partial charge on any atom is 0.337 e. The molecule has 0 aliphatic carbocycles. The molecule has 1 aliphatic heterocycles. The second-order valence-electron chi connectivity index (χ2n) is 5.81. The van der Waals surface area contributed by atoms with Gasteiger partial charge in [0.25, 0.3) is 0 Å². The highest BCUT2D eigenvalue weighted by Gasteiger charge is 2.24. The molecular formula is C18H20FN3O2. The van der Waals surface area contributed by atoms with E-state index in [0.717, 1.165) is 25.1 Å². The number of carbonyl (C=O) groups excluding carboxylic acids is 1. The Balaban J connectivity index is 1.53. The molecule has 1 aliphatic rings. The molecule has 0 bridgehead atoms. The third-order valence-electron chi connectivity index (χ3n) is 4.20. The van der Waals surface area contributed by atoms with Crippen LogP contribution in [-0.2, 0) is 11.3 Å². The zero-order valence-corrected chi connectivity index (χ0v) is 13.5. The van der Waals surface area contributed by atoms with Gasteiger partial charge in [-0.1, -0.05) is 12.1 Å². The molecule has 1 aromatic heterocycles. The van der Waals surface area contributed by atoms with E-state index in [1.807, 2.05) is 17.0 Å². The summed E-state index contributed by atoms with van der Waals surface area (Å²) < 4.78 is 18.5. The summed E-state index contributed by atoms with van der Waals surface area (Å²) in [5.41, 5.74) is 1.63. The van der Waals surface area contributed by atoms with E-state index < -0.39 is 0 Å². The van der Waals surface area contributed by atoms with Crippen molar-refractivity contribution in [2.75, 3.05) is 25.1 Å². The van der Waals surface area contributed by atoms with Crippen molar-refractivity contribution in [1.29, 1.82) is 0 Å². The fraction of sp³-hybridized carbons (Fsp3) is 0.333. The highest BCUT2D eigenvalue weighted by Crippen LogP contribution is 2.21.